The van der Waals surface area contributed by atoms with Crippen LogP contribution in [0.5, 0.6) is 11.5 Å². The summed E-state index contributed by atoms with van der Waals surface area (Å²) in [6.45, 7) is -0.271. The average Bonchev–Trinajstić information content (AvgIpc) is 2.52. The number of hydrogen-bond donors (Lipinski definition) is 0. The monoisotopic (exact) mass is 317 g/mol. The van der Waals surface area contributed by atoms with Crippen molar-refractivity contribution in [3.8, 4) is 11.5 Å². The van der Waals surface area contributed by atoms with E-state index < -0.39 is 5.97 Å². The van der Waals surface area contributed by atoms with Crippen molar-refractivity contribution in [3.05, 3.63) is 53.6 Å². The van der Waals surface area contributed by atoms with Gasteiger partial charge in [0.25, 0.3) is 5.91 Å². The third kappa shape index (κ3) is 3.04. The second-order valence-electron chi connectivity index (χ2n) is 4.66. The number of benzene rings is 2. The minimum absolute atomic E-state index is 0.0920. The highest BCUT2D eigenvalue weighted by molar-refractivity contribution is 6.30. The van der Waals surface area contributed by atoms with E-state index in [0.29, 0.717) is 22.2 Å². The summed E-state index contributed by atoms with van der Waals surface area (Å²) in [4.78, 5) is 25.4. The summed E-state index contributed by atoms with van der Waals surface area (Å²) in [7, 11) is 0. The average molecular weight is 318 g/mol. The molecule has 1 amide bonds. The van der Waals surface area contributed by atoms with Crippen LogP contribution in [0, 0.1) is 0 Å². The van der Waals surface area contributed by atoms with E-state index in [1.165, 1.54) is 4.90 Å². The Kier molecular flexibility index (Phi) is 3.98. The zero-order chi connectivity index (χ0) is 15.5. The third-order valence-electron chi connectivity index (χ3n) is 3.14. The SMILES string of the molecule is O=C(CN1C(=O)COc2ccccc21)Oc1ccc(Cl)cc1. The fourth-order valence-corrected chi connectivity index (χ4v) is 2.25. The molecule has 0 radical (unpaired) electrons. The molecule has 1 aliphatic heterocycles. The number of anilines is 1. The molecule has 22 heavy (non-hydrogen) atoms. The lowest BCUT2D eigenvalue weighted by atomic mass is 10.2. The molecule has 0 aromatic heterocycles. The number of amides is 1. The van der Waals surface area contributed by atoms with Gasteiger partial charge in [-0.2, -0.15) is 0 Å². The summed E-state index contributed by atoms with van der Waals surface area (Å²) < 4.78 is 10.5. The second-order valence-corrected chi connectivity index (χ2v) is 5.10. The molecule has 0 unspecified atom stereocenters. The van der Waals surface area contributed by atoms with Gasteiger partial charge in [-0.25, -0.2) is 4.79 Å². The number of carbonyl (C=O) groups is 2. The zero-order valence-corrected chi connectivity index (χ0v) is 12.2. The largest absolute Gasteiger partial charge is 0.482 e. The Labute approximate surface area is 132 Å². The Bertz CT molecular complexity index is 714. The van der Waals surface area contributed by atoms with E-state index in [-0.39, 0.29) is 19.1 Å². The van der Waals surface area contributed by atoms with Gasteiger partial charge < -0.3 is 9.47 Å². The van der Waals surface area contributed by atoms with Gasteiger partial charge in [-0.15, -0.1) is 0 Å². The van der Waals surface area contributed by atoms with E-state index in [0.717, 1.165) is 0 Å². The number of rotatable bonds is 3. The Balaban J connectivity index is 1.73. The van der Waals surface area contributed by atoms with Crippen LogP contribution in [0.25, 0.3) is 0 Å². The van der Waals surface area contributed by atoms with Crippen molar-refractivity contribution in [2.45, 2.75) is 0 Å². The van der Waals surface area contributed by atoms with Crippen LogP contribution < -0.4 is 14.4 Å². The minimum atomic E-state index is -0.535. The third-order valence-corrected chi connectivity index (χ3v) is 3.39. The van der Waals surface area contributed by atoms with Crippen molar-refractivity contribution in [2.24, 2.45) is 0 Å². The molecule has 0 bridgehead atoms. The molecule has 2 aromatic carbocycles. The van der Waals surface area contributed by atoms with E-state index in [4.69, 9.17) is 21.1 Å². The van der Waals surface area contributed by atoms with Crippen LogP contribution in [-0.2, 0) is 9.59 Å². The molecule has 1 heterocycles. The standard InChI is InChI=1S/C16H12ClNO4/c17-11-5-7-12(8-6-11)22-16(20)9-18-13-3-1-2-4-14(13)21-10-15(18)19/h1-8H,9-10H2. The molecule has 2 aromatic rings. The zero-order valence-electron chi connectivity index (χ0n) is 11.5. The Morgan fingerprint density at radius 1 is 1.18 bits per heavy atom. The minimum Gasteiger partial charge on any atom is -0.482 e. The van der Waals surface area contributed by atoms with Gasteiger partial charge in [-0.3, -0.25) is 9.69 Å². The fourth-order valence-electron chi connectivity index (χ4n) is 2.12. The molecule has 0 fully saturated rings. The highest BCUT2D eigenvalue weighted by Gasteiger charge is 2.27. The van der Waals surface area contributed by atoms with E-state index in [1.807, 2.05) is 0 Å². The van der Waals surface area contributed by atoms with Gasteiger partial charge in [0.2, 0.25) is 0 Å². The van der Waals surface area contributed by atoms with Crippen molar-refractivity contribution in [1.82, 2.24) is 0 Å². The van der Waals surface area contributed by atoms with E-state index in [1.54, 1.807) is 48.5 Å². The molecular weight excluding hydrogens is 306 g/mol. The molecule has 0 saturated heterocycles. The van der Waals surface area contributed by atoms with Gasteiger partial charge in [0, 0.05) is 5.02 Å². The Morgan fingerprint density at radius 2 is 1.91 bits per heavy atom. The molecule has 6 heteroatoms. The number of esters is 1. The van der Waals surface area contributed by atoms with Gasteiger partial charge in [0.15, 0.2) is 6.61 Å². The van der Waals surface area contributed by atoms with Crippen molar-refractivity contribution in [3.63, 3.8) is 0 Å². The van der Waals surface area contributed by atoms with E-state index >= 15 is 0 Å². The van der Waals surface area contributed by atoms with Crippen molar-refractivity contribution < 1.29 is 19.1 Å². The van der Waals surface area contributed by atoms with Crippen LogP contribution in [0.2, 0.25) is 5.02 Å². The molecule has 5 nitrogen and oxygen atoms in total. The first kappa shape index (κ1) is 14.4. The lowest BCUT2D eigenvalue weighted by Gasteiger charge is -2.28. The van der Waals surface area contributed by atoms with Crippen molar-refractivity contribution in [2.75, 3.05) is 18.1 Å². The van der Waals surface area contributed by atoms with Crippen molar-refractivity contribution >= 4 is 29.2 Å². The first-order valence-corrected chi connectivity index (χ1v) is 7.00. The molecule has 0 N–H and O–H groups in total. The summed E-state index contributed by atoms with van der Waals surface area (Å²) in [5, 5.41) is 0.553. The fraction of sp³-hybridized carbons (Fsp3) is 0.125. The summed E-state index contributed by atoms with van der Waals surface area (Å²) >= 11 is 5.77. The number of para-hydroxylation sites is 2. The van der Waals surface area contributed by atoms with Gasteiger partial charge >= 0.3 is 5.97 Å². The number of ether oxygens (including phenoxy) is 2. The smallest absolute Gasteiger partial charge is 0.331 e. The first-order valence-electron chi connectivity index (χ1n) is 6.62. The predicted molar refractivity (Wildman–Crippen MR) is 81.4 cm³/mol. The normalized spacial score (nSPS) is 13.3. The predicted octanol–water partition coefficient (Wildman–Crippen LogP) is 2.67. The number of carbonyl (C=O) groups excluding carboxylic acids is 2. The molecule has 112 valence electrons. The summed E-state index contributed by atoms with van der Waals surface area (Å²) in [6.07, 6.45) is 0. The first-order chi connectivity index (χ1) is 10.6. The highest BCUT2D eigenvalue weighted by atomic mass is 35.5. The molecule has 0 spiro atoms. The van der Waals surface area contributed by atoms with Gasteiger partial charge in [0.1, 0.15) is 18.0 Å². The van der Waals surface area contributed by atoms with Crippen molar-refractivity contribution in [1.29, 1.82) is 0 Å². The molecule has 0 aliphatic carbocycles. The maximum Gasteiger partial charge on any atom is 0.331 e. The van der Waals surface area contributed by atoms with Gasteiger partial charge in [-0.05, 0) is 36.4 Å². The summed E-state index contributed by atoms with van der Waals surface area (Å²) in [6, 6.07) is 13.5. The number of fused-ring (bicyclic) bond motifs is 1. The molecule has 0 saturated carbocycles. The van der Waals surface area contributed by atoms with Crippen LogP contribution in [-0.4, -0.2) is 25.0 Å². The molecular formula is C16H12ClNO4. The lowest BCUT2D eigenvalue weighted by Crippen LogP contribution is -2.43. The Hall–Kier alpha value is -2.53. The Morgan fingerprint density at radius 3 is 2.68 bits per heavy atom. The van der Waals surface area contributed by atoms with Crippen LogP contribution in [0.3, 0.4) is 0 Å². The topological polar surface area (TPSA) is 55.8 Å². The van der Waals surface area contributed by atoms with E-state index in [2.05, 4.69) is 0 Å². The lowest BCUT2D eigenvalue weighted by molar-refractivity contribution is -0.134. The van der Waals surface area contributed by atoms with Crippen LogP contribution in [0.4, 0.5) is 5.69 Å². The maximum atomic E-state index is 12.0. The molecule has 0 atom stereocenters. The van der Waals surface area contributed by atoms with Crippen LogP contribution in [0.15, 0.2) is 48.5 Å². The van der Waals surface area contributed by atoms with Gasteiger partial charge in [0.05, 0.1) is 5.69 Å². The molecule has 1 aliphatic rings. The number of nitrogens with zero attached hydrogens (tertiary/aromatic N) is 1. The second kappa shape index (κ2) is 6.07. The molecule has 3 rings (SSSR count). The summed E-state index contributed by atoms with van der Waals surface area (Å²) in [5.74, 6) is 0.129. The van der Waals surface area contributed by atoms with Gasteiger partial charge in [-0.1, -0.05) is 23.7 Å². The maximum absolute atomic E-state index is 12.0. The van der Waals surface area contributed by atoms with E-state index in [9.17, 15) is 9.59 Å². The quantitative estimate of drug-likeness (QED) is 0.645. The number of hydrogen-bond acceptors (Lipinski definition) is 4. The highest BCUT2D eigenvalue weighted by Crippen LogP contribution is 2.31. The summed E-state index contributed by atoms with van der Waals surface area (Å²) in [5.41, 5.74) is 0.562. The number of halogens is 1. The van der Waals surface area contributed by atoms with Crippen LogP contribution >= 0.6 is 11.6 Å². The van der Waals surface area contributed by atoms with Crippen LogP contribution in [0.1, 0.15) is 0 Å².